The number of carbonyl (C=O) groups is 1. The molecule has 4 heterocycles. The zero-order valence-corrected chi connectivity index (χ0v) is 16.3. The Kier molecular flexibility index (Phi) is 5.33. The van der Waals surface area contributed by atoms with Crippen molar-refractivity contribution in [3.63, 3.8) is 0 Å². The summed E-state index contributed by atoms with van der Waals surface area (Å²) in [6.45, 7) is 5.03. The number of hydrogen-bond donors (Lipinski definition) is 0. The Labute approximate surface area is 162 Å². The minimum Gasteiger partial charge on any atom is -0.343 e. The van der Waals surface area contributed by atoms with Crippen LogP contribution in [0, 0.1) is 6.92 Å². The summed E-state index contributed by atoms with van der Waals surface area (Å²) in [6.07, 6.45) is 10.1. The lowest BCUT2D eigenvalue weighted by Gasteiger charge is -2.32. The molecule has 7 nitrogen and oxygen atoms in total. The molecule has 3 aromatic rings. The van der Waals surface area contributed by atoms with E-state index in [0.29, 0.717) is 18.9 Å². The molecular weight excluding hydrogens is 360 g/mol. The molecule has 8 heteroatoms. The van der Waals surface area contributed by atoms with Gasteiger partial charge in [-0.3, -0.25) is 4.79 Å². The number of thiazole rings is 1. The van der Waals surface area contributed by atoms with E-state index in [2.05, 4.69) is 24.9 Å². The molecule has 0 aliphatic carbocycles. The van der Waals surface area contributed by atoms with Crippen molar-refractivity contribution < 1.29 is 4.79 Å². The van der Waals surface area contributed by atoms with Gasteiger partial charge in [0.25, 0.3) is 0 Å². The molecule has 0 N–H and O–H groups in total. The normalized spacial score (nSPS) is 15.4. The van der Waals surface area contributed by atoms with Crippen molar-refractivity contribution in [3.05, 3.63) is 53.0 Å². The second-order valence-electron chi connectivity index (χ2n) is 6.97. The second kappa shape index (κ2) is 8.04. The van der Waals surface area contributed by atoms with Crippen LogP contribution in [0.2, 0.25) is 0 Å². The first kappa shape index (κ1) is 17.9. The molecule has 0 radical (unpaired) electrons. The maximum absolute atomic E-state index is 12.5. The van der Waals surface area contributed by atoms with Gasteiger partial charge in [0.05, 0.1) is 17.7 Å². The van der Waals surface area contributed by atoms with Crippen LogP contribution in [0.4, 0.5) is 0 Å². The van der Waals surface area contributed by atoms with Crippen molar-refractivity contribution in [1.82, 2.24) is 29.0 Å². The molecule has 1 fully saturated rings. The summed E-state index contributed by atoms with van der Waals surface area (Å²) in [5.74, 6) is 2.70. The van der Waals surface area contributed by atoms with Crippen LogP contribution in [0.3, 0.4) is 0 Å². The molecule has 1 aliphatic heterocycles. The van der Waals surface area contributed by atoms with Crippen LogP contribution in [0.25, 0.3) is 0 Å². The van der Waals surface area contributed by atoms with E-state index in [0.717, 1.165) is 49.8 Å². The number of nitrogens with zero attached hydrogens (tertiary/aromatic N) is 6. The standard InChI is InChI=1S/C19H24N6OS/c1-15-20-5-10-23(15)9-4-18(26)24-7-2-16(3-8-24)19-21-6-11-25(19)12-17-13-27-14-22-17/h5-6,10-11,13-14,16H,2-4,7-9,12H2,1H3. The predicted octanol–water partition coefficient (Wildman–Crippen LogP) is 2.69. The monoisotopic (exact) mass is 384 g/mol. The van der Waals surface area contributed by atoms with Crippen LogP contribution in [0.5, 0.6) is 0 Å². The summed E-state index contributed by atoms with van der Waals surface area (Å²) in [5, 5.41) is 2.08. The molecular formula is C19H24N6OS. The molecule has 27 heavy (non-hydrogen) atoms. The predicted molar refractivity (Wildman–Crippen MR) is 104 cm³/mol. The fourth-order valence-corrected chi connectivity index (χ4v) is 4.26. The first-order valence-electron chi connectivity index (χ1n) is 9.34. The van der Waals surface area contributed by atoms with Gasteiger partial charge in [-0.2, -0.15) is 0 Å². The first-order valence-corrected chi connectivity index (χ1v) is 10.3. The topological polar surface area (TPSA) is 68.8 Å². The largest absolute Gasteiger partial charge is 0.343 e. The van der Waals surface area contributed by atoms with Crippen LogP contribution in [-0.2, 0) is 17.9 Å². The first-order chi connectivity index (χ1) is 13.2. The Morgan fingerprint density at radius 3 is 2.63 bits per heavy atom. The highest BCUT2D eigenvalue weighted by Gasteiger charge is 2.26. The van der Waals surface area contributed by atoms with Gasteiger partial charge in [0.1, 0.15) is 11.6 Å². The lowest BCUT2D eigenvalue weighted by atomic mass is 9.95. The van der Waals surface area contributed by atoms with Gasteiger partial charge < -0.3 is 14.0 Å². The van der Waals surface area contributed by atoms with Crippen LogP contribution in [0.15, 0.2) is 35.7 Å². The third kappa shape index (κ3) is 4.10. The number of hydrogen-bond acceptors (Lipinski definition) is 5. The van der Waals surface area contributed by atoms with Crippen molar-refractivity contribution in [2.45, 2.75) is 45.2 Å². The van der Waals surface area contributed by atoms with Gasteiger partial charge in [0.15, 0.2) is 0 Å². The maximum Gasteiger partial charge on any atom is 0.224 e. The summed E-state index contributed by atoms with van der Waals surface area (Å²) >= 11 is 1.62. The van der Waals surface area contributed by atoms with E-state index in [-0.39, 0.29) is 5.91 Å². The zero-order valence-electron chi connectivity index (χ0n) is 15.5. The minimum absolute atomic E-state index is 0.229. The van der Waals surface area contributed by atoms with Crippen LogP contribution in [-0.4, -0.2) is 48.0 Å². The Balaban J connectivity index is 1.31. The molecule has 0 bridgehead atoms. The molecule has 142 valence electrons. The molecule has 4 rings (SSSR count). The summed E-state index contributed by atoms with van der Waals surface area (Å²) in [4.78, 5) is 27.7. The van der Waals surface area contributed by atoms with Gasteiger partial charge in [0, 0.05) is 62.1 Å². The number of imidazole rings is 2. The number of aromatic nitrogens is 5. The minimum atomic E-state index is 0.229. The van der Waals surface area contributed by atoms with Crippen molar-refractivity contribution >= 4 is 17.2 Å². The Bertz CT molecular complexity index is 876. The molecule has 0 aromatic carbocycles. The number of carbonyl (C=O) groups excluding carboxylic acids is 1. The highest BCUT2D eigenvalue weighted by Crippen LogP contribution is 2.27. The zero-order chi connectivity index (χ0) is 18.6. The van der Waals surface area contributed by atoms with E-state index >= 15 is 0 Å². The highest BCUT2D eigenvalue weighted by molar-refractivity contribution is 7.07. The van der Waals surface area contributed by atoms with E-state index in [1.807, 2.05) is 40.5 Å². The smallest absolute Gasteiger partial charge is 0.224 e. The van der Waals surface area contributed by atoms with Crippen LogP contribution < -0.4 is 0 Å². The molecule has 0 atom stereocenters. The van der Waals surface area contributed by atoms with Crippen molar-refractivity contribution in [1.29, 1.82) is 0 Å². The average molecular weight is 385 g/mol. The molecule has 3 aromatic heterocycles. The lowest BCUT2D eigenvalue weighted by molar-refractivity contribution is -0.132. The van der Waals surface area contributed by atoms with E-state index in [4.69, 9.17) is 0 Å². The highest BCUT2D eigenvalue weighted by atomic mass is 32.1. The fraction of sp³-hybridized carbons (Fsp3) is 0.474. The van der Waals surface area contributed by atoms with Gasteiger partial charge >= 0.3 is 0 Å². The van der Waals surface area contributed by atoms with Crippen molar-refractivity contribution in [3.8, 4) is 0 Å². The molecule has 0 spiro atoms. The van der Waals surface area contributed by atoms with Gasteiger partial charge in [-0.15, -0.1) is 11.3 Å². The molecule has 1 amide bonds. The van der Waals surface area contributed by atoms with E-state index in [1.165, 1.54) is 0 Å². The number of aryl methyl sites for hydroxylation is 2. The number of amides is 1. The molecule has 1 saturated heterocycles. The fourth-order valence-electron chi connectivity index (χ4n) is 3.71. The van der Waals surface area contributed by atoms with E-state index in [9.17, 15) is 4.79 Å². The van der Waals surface area contributed by atoms with Gasteiger partial charge in [0.2, 0.25) is 5.91 Å². The molecule has 1 aliphatic rings. The molecule has 0 unspecified atom stereocenters. The lowest BCUT2D eigenvalue weighted by Crippen LogP contribution is -2.38. The summed E-state index contributed by atoms with van der Waals surface area (Å²) in [7, 11) is 0. The second-order valence-corrected chi connectivity index (χ2v) is 7.68. The van der Waals surface area contributed by atoms with Crippen LogP contribution in [0.1, 0.15) is 42.5 Å². The number of likely N-dealkylation sites (tertiary alicyclic amines) is 1. The third-order valence-corrected chi connectivity index (χ3v) is 5.90. The maximum atomic E-state index is 12.5. The third-order valence-electron chi connectivity index (χ3n) is 5.27. The van der Waals surface area contributed by atoms with Crippen molar-refractivity contribution in [2.24, 2.45) is 0 Å². The number of piperidine rings is 1. The van der Waals surface area contributed by atoms with E-state index in [1.54, 1.807) is 17.5 Å². The molecule has 0 saturated carbocycles. The Morgan fingerprint density at radius 2 is 1.93 bits per heavy atom. The quantitative estimate of drug-likeness (QED) is 0.655. The Hall–Kier alpha value is -2.48. The van der Waals surface area contributed by atoms with Gasteiger partial charge in [-0.1, -0.05) is 0 Å². The summed E-state index contributed by atoms with van der Waals surface area (Å²) < 4.78 is 4.22. The van der Waals surface area contributed by atoms with Crippen molar-refractivity contribution in [2.75, 3.05) is 13.1 Å². The number of rotatable bonds is 6. The van der Waals surface area contributed by atoms with Gasteiger partial charge in [-0.25, -0.2) is 15.0 Å². The average Bonchev–Trinajstić information content (AvgIpc) is 3.43. The Morgan fingerprint density at radius 1 is 1.15 bits per heavy atom. The SMILES string of the molecule is Cc1nccn1CCC(=O)N1CCC(c2nccn2Cc2cscn2)CC1. The summed E-state index contributed by atoms with van der Waals surface area (Å²) in [6, 6.07) is 0. The van der Waals surface area contributed by atoms with E-state index < -0.39 is 0 Å². The summed E-state index contributed by atoms with van der Waals surface area (Å²) in [5.41, 5.74) is 2.93. The van der Waals surface area contributed by atoms with Crippen LogP contribution >= 0.6 is 11.3 Å². The van der Waals surface area contributed by atoms with Gasteiger partial charge in [-0.05, 0) is 19.8 Å².